The maximum atomic E-state index is 11.6. The van der Waals surface area contributed by atoms with Crippen molar-refractivity contribution >= 4 is 11.6 Å². The van der Waals surface area contributed by atoms with E-state index in [1.54, 1.807) is 0 Å². The fourth-order valence-electron chi connectivity index (χ4n) is 1.96. The van der Waals surface area contributed by atoms with Gasteiger partial charge in [0.25, 0.3) is 0 Å². The van der Waals surface area contributed by atoms with Gasteiger partial charge in [0.2, 0.25) is 5.91 Å². The summed E-state index contributed by atoms with van der Waals surface area (Å²) in [7, 11) is 0. The fraction of sp³-hybridized carbons (Fsp3) is 0.667. The van der Waals surface area contributed by atoms with Crippen molar-refractivity contribution in [3.05, 3.63) is 22.5 Å². The molecule has 116 valence electrons. The number of nitro groups is 1. The Labute approximate surface area is 121 Å². The first-order valence-electron chi connectivity index (χ1n) is 6.82. The van der Waals surface area contributed by atoms with Crippen molar-refractivity contribution < 1.29 is 19.2 Å². The van der Waals surface area contributed by atoms with E-state index in [0.717, 1.165) is 32.1 Å². The van der Waals surface area contributed by atoms with Crippen molar-refractivity contribution in [1.29, 1.82) is 0 Å². The monoisotopic (exact) mass is 298 g/mol. The molecule has 0 bridgehead atoms. The first-order chi connectivity index (χ1) is 10.1. The van der Waals surface area contributed by atoms with Gasteiger partial charge in [-0.3, -0.25) is 19.6 Å². The summed E-state index contributed by atoms with van der Waals surface area (Å²) in [5.41, 5.74) is -0.138. The summed E-state index contributed by atoms with van der Waals surface area (Å²) in [6.45, 7) is 1.39. The number of carbonyl (C=O) groups excluding carboxylic acids is 1. The van der Waals surface area contributed by atoms with E-state index in [4.69, 9.17) is 9.47 Å². The second kappa shape index (κ2) is 7.70. The SMILES string of the molecule is O=C(Cn1cc([N+](=O)[O-])cn1)NCCO[C@H]1CCCCO1. The van der Waals surface area contributed by atoms with Gasteiger partial charge in [0, 0.05) is 13.2 Å². The summed E-state index contributed by atoms with van der Waals surface area (Å²) < 4.78 is 12.1. The van der Waals surface area contributed by atoms with E-state index < -0.39 is 4.92 Å². The lowest BCUT2D eigenvalue weighted by atomic mass is 10.2. The topological polar surface area (TPSA) is 109 Å². The Balaban J connectivity index is 1.61. The van der Waals surface area contributed by atoms with Crippen molar-refractivity contribution in [1.82, 2.24) is 15.1 Å². The summed E-state index contributed by atoms with van der Waals surface area (Å²) in [6.07, 6.45) is 5.18. The summed E-state index contributed by atoms with van der Waals surface area (Å²) in [5.74, 6) is -0.277. The average Bonchev–Trinajstić information content (AvgIpc) is 2.93. The number of nitrogens with zero attached hydrogens (tertiary/aromatic N) is 3. The van der Waals surface area contributed by atoms with Crippen LogP contribution in [0.5, 0.6) is 0 Å². The predicted octanol–water partition coefficient (Wildman–Crippen LogP) is 0.451. The van der Waals surface area contributed by atoms with Crippen LogP contribution in [-0.4, -0.2) is 46.7 Å². The quantitative estimate of drug-likeness (QED) is 0.445. The summed E-state index contributed by atoms with van der Waals surface area (Å²) >= 11 is 0. The molecule has 1 aliphatic heterocycles. The Morgan fingerprint density at radius 1 is 1.62 bits per heavy atom. The maximum Gasteiger partial charge on any atom is 0.307 e. The number of carbonyl (C=O) groups is 1. The summed E-state index contributed by atoms with van der Waals surface area (Å²) in [5, 5.41) is 16.9. The van der Waals surface area contributed by atoms with E-state index >= 15 is 0 Å². The minimum Gasteiger partial charge on any atom is -0.353 e. The smallest absolute Gasteiger partial charge is 0.307 e. The van der Waals surface area contributed by atoms with Gasteiger partial charge in [0.15, 0.2) is 6.29 Å². The van der Waals surface area contributed by atoms with Gasteiger partial charge in [-0.25, -0.2) is 0 Å². The van der Waals surface area contributed by atoms with Crippen LogP contribution < -0.4 is 5.32 Å². The molecule has 1 aromatic heterocycles. The van der Waals surface area contributed by atoms with Crippen LogP contribution in [-0.2, 0) is 20.8 Å². The third-order valence-corrected chi connectivity index (χ3v) is 3.00. The Bertz CT molecular complexity index is 484. The number of nitrogens with one attached hydrogen (secondary N) is 1. The molecule has 0 aliphatic carbocycles. The van der Waals surface area contributed by atoms with Crippen LogP contribution in [0.4, 0.5) is 5.69 Å². The highest BCUT2D eigenvalue weighted by atomic mass is 16.7. The fourth-order valence-corrected chi connectivity index (χ4v) is 1.96. The zero-order valence-corrected chi connectivity index (χ0v) is 11.6. The second-order valence-corrected chi connectivity index (χ2v) is 4.67. The molecule has 9 heteroatoms. The number of aromatic nitrogens is 2. The van der Waals surface area contributed by atoms with Crippen LogP contribution in [0.25, 0.3) is 0 Å². The molecule has 1 atom stereocenters. The van der Waals surface area contributed by atoms with Crippen LogP contribution in [0, 0.1) is 10.1 Å². The first-order valence-corrected chi connectivity index (χ1v) is 6.82. The molecule has 2 rings (SSSR count). The van der Waals surface area contributed by atoms with E-state index in [9.17, 15) is 14.9 Å². The number of amides is 1. The number of hydrogen-bond acceptors (Lipinski definition) is 6. The van der Waals surface area contributed by atoms with E-state index in [-0.39, 0.29) is 24.4 Å². The highest BCUT2D eigenvalue weighted by Gasteiger charge is 2.14. The molecule has 2 heterocycles. The predicted molar refractivity (Wildman–Crippen MR) is 71.4 cm³/mol. The molecule has 21 heavy (non-hydrogen) atoms. The van der Waals surface area contributed by atoms with Crippen molar-refractivity contribution in [2.75, 3.05) is 19.8 Å². The normalized spacial score (nSPS) is 18.4. The van der Waals surface area contributed by atoms with Crippen molar-refractivity contribution in [2.45, 2.75) is 32.1 Å². The van der Waals surface area contributed by atoms with Gasteiger partial charge >= 0.3 is 5.69 Å². The molecular formula is C12H18N4O5. The van der Waals surface area contributed by atoms with Crippen molar-refractivity contribution in [2.24, 2.45) is 0 Å². The summed E-state index contributed by atoms with van der Waals surface area (Å²) in [6, 6.07) is 0. The van der Waals surface area contributed by atoms with Crippen molar-refractivity contribution in [3.8, 4) is 0 Å². The largest absolute Gasteiger partial charge is 0.353 e. The van der Waals surface area contributed by atoms with Gasteiger partial charge in [-0.2, -0.15) is 5.10 Å². The highest BCUT2D eigenvalue weighted by Crippen LogP contribution is 2.13. The van der Waals surface area contributed by atoms with Gasteiger partial charge in [-0.15, -0.1) is 0 Å². The average molecular weight is 298 g/mol. The third kappa shape index (κ3) is 5.12. The minimum atomic E-state index is -0.556. The van der Waals surface area contributed by atoms with E-state index in [2.05, 4.69) is 10.4 Å². The second-order valence-electron chi connectivity index (χ2n) is 4.67. The molecule has 0 aromatic carbocycles. The Morgan fingerprint density at radius 2 is 2.48 bits per heavy atom. The molecule has 1 fully saturated rings. The lowest BCUT2D eigenvalue weighted by Crippen LogP contribution is -2.32. The van der Waals surface area contributed by atoms with Crippen LogP contribution in [0.3, 0.4) is 0 Å². The Kier molecular flexibility index (Phi) is 5.64. The van der Waals surface area contributed by atoms with E-state index in [0.29, 0.717) is 13.2 Å². The lowest BCUT2D eigenvalue weighted by molar-refractivity contribution is -0.385. The van der Waals surface area contributed by atoms with Gasteiger partial charge < -0.3 is 14.8 Å². The minimum absolute atomic E-state index is 0.0617. The molecule has 1 saturated heterocycles. The number of rotatable bonds is 7. The van der Waals surface area contributed by atoms with Crippen LogP contribution in [0.15, 0.2) is 12.4 Å². The molecule has 1 aromatic rings. The van der Waals surface area contributed by atoms with Crippen molar-refractivity contribution in [3.63, 3.8) is 0 Å². The molecule has 0 saturated carbocycles. The molecule has 1 aliphatic rings. The van der Waals surface area contributed by atoms with Gasteiger partial charge in [-0.05, 0) is 19.3 Å². The third-order valence-electron chi connectivity index (χ3n) is 3.00. The van der Waals surface area contributed by atoms with E-state index in [1.165, 1.54) is 10.9 Å². The number of ether oxygens (including phenoxy) is 2. The van der Waals surface area contributed by atoms with E-state index in [1.807, 2.05) is 0 Å². The Morgan fingerprint density at radius 3 is 3.14 bits per heavy atom. The summed E-state index contributed by atoms with van der Waals surface area (Å²) in [4.78, 5) is 21.5. The van der Waals surface area contributed by atoms with Crippen LogP contribution in [0.2, 0.25) is 0 Å². The zero-order valence-electron chi connectivity index (χ0n) is 11.6. The van der Waals surface area contributed by atoms with Crippen LogP contribution >= 0.6 is 0 Å². The lowest BCUT2D eigenvalue weighted by Gasteiger charge is -2.22. The molecule has 1 N–H and O–H groups in total. The number of hydrogen-bond donors (Lipinski definition) is 1. The van der Waals surface area contributed by atoms with Gasteiger partial charge in [-0.1, -0.05) is 0 Å². The van der Waals surface area contributed by atoms with Gasteiger partial charge in [0.05, 0.1) is 11.5 Å². The zero-order chi connectivity index (χ0) is 15.1. The molecule has 0 radical (unpaired) electrons. The molecular weight excluding hydrogens is 280 g/mol. The van der Waals surface area contributed by atoms with Crippen LogP contribution in [0.1, 0.15) is 19.3 Å². The highest BCUT2D eigenvalue weighted by molar-refractivity contribution is 5.75. The first kappa shape index (κ1) is 15.4. The van der Waals surface area contributed by atoms with Gasteiger partial charge in [0.1, 0.15) is 18.9 Å². The standard InChI is InChI=1S/C12H18N4O5/c17-11(9-15-8-10(7-14-15)16(18)19)13-4-6-21-12-3-1-2-5-20-12/h7-8,12H,1-6,9H2,(H,13,17)/t12-/m0/s1. The molecule has 0 spiro atoms. The maximum absolute atomic E-state index is 11.6. The molecule has 0 unspecified atom stereocenters. The molecule has 1 amide bonds. The Hall–Kier alpha value is -2.00. The molecule has 9 nitrogen and oxygen atoms in total.